The van der Waals surface area contributed by atoms with E-state index in [4.69, 9.17) is 26.8 Å². The van der Waals surface area contributed by atoms with Crippen LogP contribution < -0.4 is 21.1 Å². The Bertz CT molecular complexity index is 659. The van der Waals surface area contributed by atoms with Gasteiger partial charge in [-0.15, -0.1) is 0 Å². The molecule has 10 heteroatoms. The van der Waals surface area contributed by atoms with Gasteiger partial charge in [-0.2, -0.15) is 11.8 Å². The number of benzene rings is 1. The highest BCUT2D eigenvalue weighted by Gasteiger charge is 2.26. The molecule has 144 valence electrons. The van der Waals surface area contributed by atoms with Gasteiger partial charge in [0.2, 0.25) is 0 Å². The summed E-state index contributed by atoms with van der Waals surface area (Å²) in [7, 11) is 1.45. The number of carbonyl (C=O) groups is 3. The number of esters is 1. The number of primary amides is 1. The molecule has 0 aromatic heterocycles. The molecule has 1 aromatic rings. The average Bonchev–Trinajstić information content (AvgIpc) is 2.58. The second-order valence-electron chi connectivity index (χ2n) is 5.26. The van der Waals surface area contributed by atoms with Crippen LogP contribution in [0.2, 0.25) is 5.02 Å². The van der Waals surface area contributed by atoms with Gasteiger partial charge in [-0.1, -0.05) is 11.6 Å². The van der Waals surface area contributed by atoms with E-state index in [-0.39, 0.29) is 0 Å². The van der Waals surface area contributed by atoms with E-state index in [9.17, 15) is 14.4 Å². The highest BCUT2D eigenvalue weighted by atomic mass is 35.5. The molecule has 3 amide bonds. The Hall–Kier alpha value is -2.13. The van der Waals surface area contributed by atoms with Crippen molar-refractivity contribution in [3.8, 4) is 5.75 Å². The number of nitrogens with two attached hydrogens (primary N) is 1. The van der Waals surface area contributed by atoms with Crippen LogP contribution in [-0.4, -0.2) is 49.2 Å². The Morgan fingerprint density at radius 2 is 2.04 bits per heavy atom. The van der Waals surface area contributed by atoms with Crippen LogP contribution >= 0.6 is 23.4 Å². The minimum Gasteiger partial charge on any atom is -0.495 e. The standard InChI is InChI=1S/C16H22ClN3O5S/c1-9(25-15(22)11(6-7-26-3)20-16(18)23)14(21)19-12-8-10(17)4-5-13(12)24-2/h4-5,8-9,11H,6-7H2,1-3H3,(H,19,21)(H3,18,20,23)/t9-,11-/m0/s1. The molecule has 4 N–H and O–H groups in total. The Morgan fingerprint density at radius 3 is 2.62 bits per heavy atom. The number of nitrogens with one attached hydrogen (secondary N) is 2. The molecular formula is C16H22ClN3O5S. The van der Waals surface area contributed by atoms with Crippen LogP contribution in [0.15, 0.2) is 18.2 Å². The second-order valence-corrected chi connectivity index (χ2v) is 6.68. The number of amides is 3. The van der Waals surface area contributed by atoms with E-state index >= 15 is 0 Å². The molecule has 0 aliphatic rings. The molecule has 0 spiro atoms. The molecule has 8 nitrogen and oxygen atoms in total. The Morgan fingerprint density at radius 1 is 1.35 bits per heavy atom. The van der Waals surface area contributed by atoms with Crippen molar-refractivity contribution in [3.05, 3.63) is 23.2 Å². The second kappa shape index (κ2) is 10.8. The number of methoxy groups -OCH3 is 1. The average molecular weight is 404 g/mol. The monoisotopic (exact) mass is 403 g/mol. The number of thioether (sulfide) groups is 1. The molecule has 0 bridgehead atoms. The first-order valence-corrected chi connectivity index (χ1v) is 9.45. The maximum atomic E-state index is 12.3. The van der Waals surface area contributed by atoms with Crippen LogP contribution in [0, 0.1) is 0 Å². The zero-order valence-electron chi connectivity index (χ0n) is 14.7. The molecule has 2 atom stereocenters. The number of ether oxygens (including phenoxy) is 2. The first-order valence-electron chi connectivity index (χ1n) is 7.68. The molecule has 0 saturated heterocycles. The summed E-state index contributed by atoms with van der Waals surface area (Å²) in [5.74, 6) is -0.282. The normalized spacial score (nSPS) is 12.6. The Balaban J connectivity index is 2.74. The van der Waals surface area contributed by atoms with E-state index in [1.165, 1.54) is 31.9 Å². The molecule has 0 aliphatic carbocycles. The van der Waals surface area contributed by atoms with Crippen molar-refractivity contribution < 1.29 is 23.9 Å². The van der Waals surface area contributed by atoms with E-state index in [0.717, 1.165) is 0 Å². The summed E-state index contributed by atoms with van der Waals surface area (Å²) in [6, 6.07) is 2.97. The number of hydrogen-bond acceptors (Lipinski definition) is 6. The third kappa shape index (κ3) is 7.01. The van der Waals surface area contributed by atoms with Crippen LogP contribution in [-0.2, 0) is 14.3 Å². The summed E-state index contributed by atoms with van der Waals surface area (Å²) in [6.07, 6.45) is 1.10. The third-order valence-electron chi connectivity index (χ3n) is 3.29. The van der Waals surface area contributed by atoms with Crippen molar-refractivity contribution in [2.45, 2.75) is 25.5 Å². The number of halogens is 1. The van der Waals surface area contributed by atoms with E-state index in [0.29, 0.717) is 28.6 Å². The molecule has 1 rings (SSSR count). The lowest BCUT2D eigenvalue weighted by atomic mass is 10.2. The zero-order chi connectivity index (χ0) is 19.7. The summed E-state index contributed by atoms with van der Waals surface area (Å²) < 4.78 is 10.3. The maximum Gasteiger partial charge on any atom is 0.329 e. The number of carbonyl (C=O) groups excluding carboxylic acids is 3. The first-order chi connectivity index (χ1) is 12.3. The summed E-state index contributed by atoms with van der Waals surface area (Å²) in [5, 5.41) is 5.32. The van der Waals surface area contributed by atoms with Crippen molar-refractivity contribution in [1.82, 2.24) is 5.32 Å². The van der Waals surface area contributed by atoms with Gasteiger partial charge in [0.15, 0.2) is 6.10 Å². The largest absolute Gasteiger partial charge is 0.495 e. The van der Waals surface area contributed by atoms with Gasteiger partial charge in [0.05, 0.1) is 12.8 Å². The lowest BCUT2D eigenvalue weighted by Gasteiger charge is -2.20. The van der Waals surface area contributed by atoms with E-state index in [1.807, 2.05) is 6.26 Å². The van der Waals surface area contributed by atoms with Crippen molar-refractivity contribution in [2.24, 2.45) is 5.73 Å². The summed E-state index contributed by atoms with van der Waals surface area (Å²) in [5.41, 5.74) is 5.42. The van der Waals surface area contributed by atoms with Crippen LogP contribution in [0.5, 0.6) is 5.75 Å². The molecule has 0 heterocycles. The van der Waals surface area contributed by atoms with Gasteiger partial charge < -0.3 is 25.8 Å². The minimum atomic E-state index is -1.10. The highest BCUT2D eigenvalue weighted by Crippen LogP contribution is 2.27. The van der Waals surface area contributed by atoms with Crippen LogP contribution in [0.1, 0.15) is 13.3 Å². The Kier molecular flexibility index (Phi) is 9.08. The Labute approximate surface area is 161 Å². The lowest BCUT2D eigenvalue weighted by molar-refractivity contribution is -0.155. The van der Waals surface area contributed by atoms with E-state index in [2.05, 4.69) is 10.6 Å². The summed E-state index contributed by atoms with van der Waals surface area (Å²) in [4.78, 5) is 35.5. The number of anilines is 1. The SMILES string of the molecule is COc1ccc(Cl)cc1NC(=O)[C@H](C)OC(=O)[C@H](CCSC)NC(N)=O. The van der Waals surface area contributed by atoms with Gasteiger partial charge in [0.1, 0.15) is 11.8 Å². The predicted octanol–water partition coefficient (Wildman–Crippen LogP) is 2.01. The van der Waals surface area contributed by atoms with Crippen LogP contribution in [0.4, 0.5) is 10.5 Å². The fourth-order valence-electron chi connectivity index (χ4n) is 1.98. The van der Waals surface area contributed by atoms with Gasteiger partial charge in [-0.25, -0.2) is 9.59 Å². The quantitative estimate of drug-likeness (QED) is 0.542. The number of urea groups is 1. The molecule has 0 radical (unpaired) electrons. The first kappa shape index (κ1) is 21.9. The molecule has 0 saturated carbocycles. The molecular weight excluding hydrogens is 382 g/mol. The van der Waals surface area contributed by atoms with Gasteiger partial charge >= 0.3 is 12.0 Å². The molecule has 26 heavy (non-hydrogen) atoms. The predicted molar refractivity (Wildman–Crippen MR) is 102 cm³/mol. The van der Waals surface area contributed by atoms with Crippen LogP contribution in [0.3, 0.4) is 0 Å². The minimum absolute atomic E-state index is 0.333. The van der Waals surface area contributed by atoms with Crippen molar-refractivity contribution >= 4 is 47.0 Å². The molecule has 0 fully saturated rings. The molecule has 0 aliphatic heterocycles. The fourth-order valence-corrected chi connectivity index (χ4v) is 2.62. The van der Waals surface area contributed by atoms with E-state index in [1.54, 1.807) is 12.1 Å². The topological polar surface area (TPSA) is 120 Å². The number of rotatable bonds is 9. The van der Waals surface area contributed by atoms with E-state index < -0.39 is 30.1 Å². The van der Waals surface area contributed by atoms with Crippen molar-refractivity contribution in [1.29, 1.82) is 0 Å². The fraction of sp³-hybridized carbons (Fsp3) is 0.438. The van der Waals surface area contributed by atoms with Gasteiger partial charge in [-0.3, -0.25) is 4.79 Å². The highest BCUT2D eigenvalue weighted by molar-refractivity contribution is 7.98. The zero-order valence-corrected chi connectivity index (χ0v) is 16.3. The summed E-state index contributed by atoms with van der Waals surface area (Å²) >= 11 is 7.41. The lowest BCUT2D eigenvalue weighted by Crippen LogP contribution is -2.46. The summed E-state index contributed by atoms with van der Waals surface area (Å²) in [6.45, 7) is 1.42. The molecule has 1 aromatic carbocycles. The smallest absolute Gasteiger partial charge is 0.329 e. The van der Waals surface area contributed by atoms with Gasteiger partial charge in [0.25, 0.3) is 5.91 Å². The van der Waals surface area contributed by atoms with Crippen LogP contribution in [0.25, 0.3) is 0 Å². The molecule has 0 unspecified atom stereocenters. The van der Waals surface area contributed by atoms with Gasteiger partial charge in [0, 0.05) is 5.02 Å². The number of hydrogen-bond donors (Lipinski definition) is 3. The third-order valence-corrected chi connectivity index (χ3v) is 4.17. The van der Waals surface area contributed by atoms with Gasteiger partial charge in [-0.05, 0) is 43.6 Å². The van der Waals surface area contributed by atoms with Crippen molar-refractivity contribution in [3.63, 3.8) is 0 Å². The van der Waals surface area contributed by atoms with Crippen molar-refractivity contribution in [2.75, 3.05) is 24.4 Å². The maximum absolute atomic E-state index is 12.3.